The van der Waals surface area contributed by atoms with E-state index in [0.717, 1.165) is 62.6 Å². The molecule has 0 amide bonds. The molecule has 0 atom stereocenters. The molecule has 0 fully saturated rings. The van der Waals surface area contributed by atoms with Crippen LogP contribution in [0.4, 0.5) is 51.2 Å². The molecule has 21 aromatic rings. The first-order chi connectivity index (χ1) is 48.7. The Morgan fingerprint density at radius 1 is 0.214 bits per heavy atom. The maximum atomic E-state index is 2.59. The summed E-state index contributed by atoms with van der Waals surface area (Å²) in [5.74, 6) is 0. The monoisotopic (exact) mass is 1240 g/mol. The minimum atomic E-state index is -0.189. The number of para-hydroxylation sites is 10. The summed E-state index contributed by atoms with van der Waals surface area (Å²) in [6, 6.07) is 123. The first kappa shape index (κ1) is 52.4. The van der Waals surface area contributed by atoms with Crippen LogP contribution in [0.25, 0.3) is 131 Å². The van der Waals surface area contributed by atoms with Crippen molar-refractivity contribution in [2.75, 3.05) is 14.7 Å². The molecule has 2 aliphatic heterocycles. The van der Waals surface area contributed by atoms with Crippen molar-refractivity contribution >= 4 is 194 Å². The Kier molecular flexibility index (Phi) is 10.3. The van der Waals surface area contributed by atoms with Gasteiger partial charge in [-0.15, -0.1) is 0 Å². The predicted octanol–water partition coefficient (Wildman–Crippen LogP) is 21.7. The second-order valence-electron chi connectivity index (χ2n) is 26.7. The first-order valence-electron chi connectivity index (χ1n) is 33.9. The molecule has 2 aliphatic rings. The lowest BCUT2D eigenvalue weighted by atomic mass is 9.33. The van der Waals surface area contributed by atoms with Gasteiger partial charge < -0.3 is 32.6 Å². The predicted molar refractivity (Wildman–Crippen MR) is 413 cm³/mol. The number of anilines is 9. The summed E-state index contributed by atoms with van der Waals surface area (Å²) in [7, 11) is 0. The third-order valence-electron chi connectivity index (χ3n) is 21.9. The highest BCUT2D eigenvalue weighted by atomic mass is 15.2. The molecule has 0 saturated carbocycles. The molecule has 0 saturated heterocycles. The Morgan fingerprint density at radius 3 is 0.908 bits per heavy atom. The third kappa shape index (κ3) is 6.86. The molecule has 6 aromatic heterocycles. The number of benzene rings is 15. The van der Waals surface area contributed by atoms with Gasteiger partial charge in [-0.2, -0.15) is 0 Å². The SMILES string of the molecule is c1ccc(N2c3cc4c(cc3B3c5cc6c7cccc8c9ccccc9n(c6cc5N(c5ccccc5)c5cc(N(c6ccc(-n9c%10ccccc%10c%10ccccc%109)cc6)c6ccc(-n9c%10ccccc%10c%10ccccc%109)cc6)cc2c53)c87)c2cccc3c5ccccc5n4c32)cc1. The molecule has 8 heterocycles. The normalized spacial score (nSPS) is 13.0. The Morgan fingerprint density at radius 2 is 0.531 bits per heavy atom. The zero-order chi connectivity index (χ0) is 63.6. The summed E-state index contributed by atoms with van der Waals surface area (Å²) in [4.78, 5) is 7.68. The summed E-state index contributed by atoms with van der Waals surface area (Å²) < 4.78 is 9.92. The average Bonchev–Trinajstić information content (AvgIpc) is 1.38. The van der Waals surface area contributed by atoms with Crippen LogP contribution in [0.2, 0.25) is 0 Å². The number of hydrogen-bond donors (Lipinski definition) is 0. The summed E-state index contributed by atoms with van der Waals surface area (Å²) in [6.07, 6.45) is 0. The molecule has 8 heteroatoms. The van der Waals surface area contributed by atoms with Gasteiger partial charge in [0.2, 0.25) is 0 Å². The highest BCUT2D eigenvalue weighted by Gasteiger charge is 2.45. The van der Waals surface area contributed by atoms with Crippen molar-refractivity contribution in [3.8, 4) is 11.4 Å². The molecule has 98 heavy (non-hydrogen) atoms. The highest BCUT2D eigenvalue weighted by Crippen LogP contribution is 2.52. The van der Waals surface area contributed by atoms with E-state index >= 15 is 0 Å². The van der Waals surface area contributed by atoms with Gasteiger partial charge >= 0.3 is 0 Å². The zero-order valence-electron chi connectivity index (χ0n) is 52.9. The summed E-state index contributed by atoms with van der Waals surface area (Å²) in [6.45, 7) is -0.189. The number of hydrogen-bond acceptors (Lipinski definition) is 3. The maximum Gasteiger partial charge on any atom is 0.252 e. The fraction of sp³-hybridized carbons (Fsp3) is 0. The molecule has 23 rings (SSSR count). The summed E-state index contributed by atoms with van der Waals surface area (Å²) in [5, 5.41) is 15.1. The van der Waals surface area contributed by atoms with Gasteiger partial charge in [0.15, 0.2) is 0 Å². The number of aromatic nitrogens is 4. The largest absolute Gasteiger partial charge is 0.311 e. The molecule has 452 valence electrons. The van der Waals surface area contributed by atoms with Crippen molar-refractivity contribution in [3.05, 3.63) is 328 Å². The van der Waals surface area contributed by atoms with Gasteiger partial charge in [-0.25, -0.2) is 0 Å². The lowest BCUT2D eigenvalue weighted by Gasteiger charge is -2.45. The van der Waals surface area contributed by atoms with E-state index < -0.39 is 0 Å². The van der Waals surface area contributed by atoms with Crippen LogP contribution in [-0.2, 0) is 0 Å². The van der Waals surface area contributed by atoms with E-state index in [0.29, 0.717) is 0 Å². The highest BCUT2D eigenvalue weighted by molar-refractivity contribution is 7.00. The van der Waals surface area contributed by atoms with E-state index in [9.17, 15) is 0 Å². The van der Waals surface area contributed by atoms with Gasteiger partial charge in [-0.05, 0) is 150 Å². The molecular weight excluding hydrogens is 1190 g/mol. The van der Waals surface area contributed by atoms with Gasteiger partial charge in [-0.3, -0.25) is 0 Å². The molecule has 0 unspecified atom stereocenters. The Labute approximate surface area is 562 Å². The minimum Gasteiger partial charge on any atom is -0.311 e. The number of rotatable bonds is 7. The molecule has 7 nitrogen and oxygen atoms in total. The van der Waals surface area contributed by atoms with E-state index in [4.69, 9.17) is 0 Å². The maximum absolute atomic E-state index is 2.59. The fourth-order valence-electron chi connectivity index (χ4n) is 18.0. The van der Waals surface area contributed by atoms with E-state index in [2.05, 4.69) is 360 Å². The molecule has 0 radical (unpaired) electrons. The molecule has 0 N–H and O–H groups in total. The van der Waals surface area contributed by atoms with Crippen molar-refractivity contribution in [2.45, 2.75) is 0 Å². The fourth-order valence-corrected chi connectivity index (χ4v) is 18.0. The second-order valence-corrected chi connectivity index (χ2v) is 26.7. The van der Waals surface area contributed by atoms with Crippen LogP contribution >= 0.6 is 0 Å². The van der Waals surface area contributed by atoms with E-state index in [1.165, 1.54) is 136 Å². The van der Waals surface area contributed by atoms with Crippen molar-refractivity contribution in [3.63, 3.8) is 0 Å². The van der Waals surface area contributed by atoms with E-state index in [1.807, 2.05) is 0 Å². The van der Waals surface area contributed by atoms with Crippen molar-refractivity contribution in [1.29, 1.82) is 0 Å². The molecule has 15 aromatic carbocycles. The topological polar surface area (TPSA) is 28.4 Å². The van der Waals surface area contributed by atoms with E-state index in [1.54, 1.807) is 0 Å². The van der Waals surface area contributed by atoms with Gasteiger partial charge in [0.1, 0.15) is 0 Å². The van der Waals surface area contributed by atoms with Crippen molar-refractivity contribution in [2.24, 2.45) is 0 Å². The summed E-state index contributed by atoms with van der Waals surface area (Å²) >= 11 is 0. The Bertz CT molecular complexity index is 6420. The molecule has 0 spiro atoms. The Hall–Kier alpha value is -13.0. The first-order valence-corrected chi connectivity index (χ1v) is 33.9. The van der Waals surface area contributed by atoms with Gasteiger partial charge in [-0.1, -0.05) is 194 Å². The molecule has 0 aliphatic carbocycles. The van der Waals surface area contributed by atoms with E-state index in [-0.39, 0.29) is 6.71 Å². The van der Waals surface area contributed by atoms with Gasteiger partial charge in [0.05, 0.1) is 60.9 Å². The van der Waals surface area contributed by atoms with Crippen LogP contribution in [0.5, 0.6) is 0 Å². The van der Waals surface area contributed by atoms with Crippen LogP contribution < -0.4 is 31.1 Å². The average molecular weight is 1240 g/mol. The lowest BCUT2D eigenvalue weighted by Crippen LogP contribution is -2.61. The van der Waals surface area contributed by atoms with Crippen molar-refractivity contribution in [1.82, 2.24) is 17.9 Å². The van der Waals surface area contributed by atoms with Crippen LogP contribution in [0.3, 0.4) is 0 Å². The van der Waals surface area contributed by atoms with Gasteiger partial charge in [0.25, 0.3) is 6.71 Å². The molecular formula is C90H54BN7. The minimum absolute atomic E-state index is 0.189. The van der Waals surface area contributed by atoms with Crippen LogP contribution in [-0.4, -0.2) is 24.6 Å². The van der Waals surface area contributed by atoms with Crippen LogP contribution in [0.1, 0.15) is 0 Å². The summed E-state index contributed by atoms with van der Waals surface area (Å²) in [5.41, 5.74) is 27.9. The van der Waals surface area contributed by atoms with Crippen LogP contribution in [0.15, 0.2) is 328 Å². The van der Waals surface area contributed by atoms with Gasteiger partial charge in [0, 0.05) is 122 Å². The quantitative estimate of drug-likeness (QED) is 0.149. The second kappa shape index (κ2) is 19.3. The number of fused-ring (bicyclic) bond motifs is 22. The molecule has 0 bridgehead atoms. The third-order valence-corrected chi connectivity index (χ3v) is 21.9. The van der Waals surface area contributed by atoms with Crippen molar-refractivity contribution < 1.29 is 0 Å². The standard InChI is InChI=1S/C90H54BN7/c1-3-21-55(22-4-1)95-84-53-82-72(70-33-19-31-68-66-29-11-17-39-80(66)97(82)89(68)70)51-74(84)91-75-52-73-71-34-20-32-69-67-30-12-18-40-81(67)98(90(69)71)83(73)54-85(75)96(56-23-5-2-6-24-56)87-50-61(49-86(95)88(87)91)92(57-41-45-59(46-42-57)93-76-35-13-7-25-62(76)63-26-8-14-36-77(63)93)58-43-47-60(48-44-58)94-78-37-15-9-27-64(78)65-28-10-16-38-79(65)94/h1-54H. The Balaban J connectivity index is 0.835. The number of nitrogens with zero attached hydrogens (tertiary/aromatic N) is 7. The van der Waals surface area contributed by atoms with Crippen LogP contribution in [0, 0.1) is 0 Å². The zero-order valence-corrected chi connectivity index (χ0v) is 52.9. The lowest BCUT2D eigenvalue weighted by molar-refractivity contribution is 1.16. The smallest absolute Gasteiger partial charge is 0.252 e.